The molecule has 0 aliphatic rings. The molecule has 7 nitrogen and oxygen atoms in total. The van der Waals surface area contributed by atoms with E-state index < -0.39 is 0 Å². The number of hydrogen-bond acceptors (Lipinski definition) is 8. The van der Waals surface area contributed by atoms with Gasteiger partial charge in [0, 0.05) is 32.7 Å². The fourth-order valence-corrected chi connectivity index (χ4v) is 5.36. The number of fused-ring (bicyclic) bond motifs is 1. The summed E-state index contributed by atoms with van der Waals surface area (Å²) >= 11 is 1.58. The third-order valence-electron chi connectivity index (χ3n) is 6.18. The SMILES string of the molecule is CCCOCCOCCOCCOc1ccc(C(=O)c2c(-c3ccc(OC)cc3)sc3cc(OC)ccc23)cc1. The van der Waals surface area contributed by atoms with Crippen molar-refractivity contribution < 1.29 is 33.2 Å². The van der Waals surface area contributed by atoms with E-state index in [2.05, 4.69) is 6.92 Å². The van der Waals surface area contributed by atoms with E-state index in [4.69, 9.17) is 28.4 Å². The van der Waals surface area contributed by atoms with Gasteiger partial charge in [0.15, 0.2) is 5.78 Å². The number of carbonyl (C=O) groups excluding carboxylic acids is 1. The molecule has 0 N–H and O–H groups in total. The van der Waals surface area contributed by atoms with Gasteiger partial charge in [0.2, 0.25) is 0 Å². The maximum atomic E-state index is 13.8. The van der Waals surface area contributed by atoms with Crippen LogP contribution in [0.3, 0.4) is 0 Å². The molecule has 1 aromatic heterocycles. The molecular formula is C32H36O7S. The number of ether oxygens (including phenoxy) is 6. The largest absolute Gasteiger partial charge is 0.497 e. The Kier molecular flexibility index (Phi) is 11.4. The summed E-state index contributed by atoms with van der Waals surface area (Å²) in [6.07, 6.45) is 1.01. The number of benzene rings is 3. The van der Waals surface area contributed by atoms with Gasteiger partial charge in [-0.15, -0.1) is 11.3 Å². The molecule has 0 radical (unpaired) electrons. The molecule has 0 aliphatic carbocycles. The van der Waals surface area contributed by atoms with Crippen LogP contribution >= 0.6 is 11.3 Å². The Labute approximate surface area is 239 Å². The highest BCUT2D eigenvalue weighted by molar-refractivity contribution is 7.22. The van der Waals surface area contributed by atoms with Crippen LogP contribution in [0.5, 0.6) is 17.2 Å². The van der Waals surface area contributed by atoms with Crippen LogP contribution in [0.15, 0.2) is 66.7 Å². The zero-order valence-corrected chi connectivity index (χ0v) is 24.1. The average Bonchev–Trinajstić information content (AvgIpc) is 3.38. The summed E-state index contributed by atoms with van der Waals surface area (Å²) in [5.41, 5.74) is 2.22. The van der Waals surface area contributed by atoms with Gasteiger partial charge in [0.25, 0.3) is 0 Å². The van der Waals surface area contributed by atoms with E-state index >= 15 is 0 Å². The lowest BCUT2D eigenvalue weighted by molar-refractivity contribution is 0.00945. The highest BCUT2D eigenvalue weighted by Crippen LogP contribution is 2.41. The van der Waals surface area contributed by atoms with Gasteiger partial charge >= 0.3 is 0 Å². The quantitative estimate of drug-likeness (QED) is 0.105. The van der Waals surface area contributed by atoms with E-state index in [1.807, 2.05) is 54.6 Å². The van der Waals surface area contributed by atoms with Crippen LogP contribution in [0.1, 0.15) is 29.3 Å². The Morgan fingerprint density at radius 2 is 1.25 bits per heavy atom. The van der Waals surface area contributed by atoms with Crippen LogP contribution in [0.25, 0.3) is 20.5 Å². The highest BCUT2D eigenvalue weighted by Gasteiger charge is 2.22. The maximum absolute atomic E-state index is 13.8. The van der Waals surface area contributed by atoms with E-state index in [1.54, 1.807) is 37.7 Å². The Balaban J connectivity index is 1.38. The summed E-state index contributed by atoms with van der Waals surface area (Å²) < 4.78 is 33.9. The second kappa shape index (κ2) is 15.4. The fraction of sp³-hybridized carbons (Fsp3) is 0.344. The molecule has 4 aromatic rings. The van der Waals surface area contributed by atoms with Gasteiger partial charge in [-0.2, -0.15) is 0 Å². The minimum Gasteiger partial charge on any atom is -0.497 e. The van der Waals surface area contributed by atoms with Crippen LogP contribution in [-0.4, -0.2) is 66.3 Å². The van der Waals surface area contributed by atoms with Crippen molar-refractivity contribution in [2.75, 3.05) is 60.5 Å². The van der Waals surface area contributed by atoms with Crippen LogP contribution in [0.4, 0.5) is 0 Å². The van der Waals surface area contributed by atoms with Gasteiger partial charge < -0.3 is 28.4 Å². The number of rotatable bonds is 17. The minimum atomic E-state index is -0.0442. The minimum absolute atomic E-state index is 0.0442. The molecule has 4 rings (SSSR count). The molecule has 0 amide bonds. The fourth-order valence-electron chi connectivity index (χ4n) is 4.13. The zero-order chi connectivity index (χ0) is 28.2. The Bertz CT molecular complexity index is 1350. The molecule has 0 unspecified atom stereocenters. The number of thiophene rings is 1. The highest BCUT2D eigenvalue weighted by atomic mass is 32.1. The second-order valence-corrected chi connectivity index (χ2v) is 9.99. The zero-order valence-electron chi connectivity index (χ0n) is 23.3. The number of carbonyl (C=O) groups is 1. The molecule has 40 heavy (non-hydrogen) atoms. The monoisotopic (exact) mass is 564 g/mol. The van der Waals surface area contributed by atoms with Crippen molar-refractivity contribution in [2.45, 2.75) is 13.3 Å². The standard InChI is InChI=1S/C32H36O7S/c1-4-15-36-16-17-37-18-19-38-20-21-39-26-11-5-23(6-12-26)31(33)30-28-14-13-27(35-3)22-29(28)40-32(30)24-7-9-25(34-2)10-8-24/h5-14,22H,4,15-21H2,1-3H3. The summed E-state index contributed by atoms with van der Waals surface area (Å²) in [5, 5.41) is 0.900. The van der Waals surface area contributed by atoms with Crippen molar-refractivity contribution in [1.29, 1.82) is 0 Å². The van der Waals surface area contributed by atoms with Gasteiger partial charge in [-0.25, -0.2) is 0 Å². The van der Waals surface area contributed by atoms with Crippen LogP contribution < -0.4 is 14.2 Å². The summed E-state index contributed by atoms with van der Waals surface area (Å²) in [6, 6.07) is 20.8. The Hall–Kier alpha value is -3.43. The summed E-state index contributed by atoms with van der Waals surface area (Å²) in [6.45, 7) is 5.90. The molecule has 0 saturated carbocycles. The van der Waals surface area contributed by atoms with Crippen LogP contribution in [-0.2, 0) is 14.2 Å². The molecule has 0 bridgehead atoms. The van der Waals surface area contributed by atoms with E-state index in [9.17, 15) is 4.79 Å². The van der Waals surface area contributed by atoms with Gasteiger partial charge in [-0.3, -0.25) is 4.79 Å². The van der Waals surface area contributed by atoms with E-state index in [-0.39, 0.29) is 5.78 Å². The Morgan fingerprint density at radius 3 is 1.88 bits per heavy atom. The van der Waals surface area contributed by atoms with Crippen molar-refractivity contribution >= 4 is 27.2 Å². The average molecular weight is 565 g/mol. The van der Waals surface area contributed by atoms with Crippen LogP contribution in [0.2, 0.25) is 0 Å². The summed E-state index contributed by atoms with van der Waals surface area (Å²) in [4.78, 5) is 14.7. The first kappa shape index (κ1) is 29.6. The van der Waals surface area contributed by atoms with E-state index in [1.165, 1.54) is 0 Å². The first-order valence-electron chi connectivity index (χ1n) is 13.4. The molecule has 0 spiro atoms. The smallest absolute Gasteiger partial charge is 0.195 e. The molecule has 212 valence electrons. The normalized spacial score (nSPS) is 11.1. The maximum Gasteiger partial charge on any atom is 0.195 e. The molecule has 0 aliphatic heterocycles. The van der Waals surface area contributed by atoms with Gasteiger partial charge in [0.1, 0.15) is 23.9 Å². The predicted octanol–water partition coefficient (Wildman–Crippen LogP) is 6.66. The Morgan fingerprint density at radius 1 is 0.675 bits per heavy atom. The van der Waals surface area contributed by atoms with Crippen molar-refractivity contribution in [3.05, 3.63) is 77.9 Å². The lowest BCUT2D eigenvalue weighted by atomic mass is 9.97. The topological polar surface area (TPSA) is 72.5 Å². The van der Waals surface area contributed by atoms with Crippen molar-refractivity contribution in [3.63, 3.8) is 0 Å². The second-order valence-electron chi connectivity index (χ2n) is 8.94. The van der Waals surface area contributed by atoms with Crippen molar-refractivity contribution in [1.82, 2.24) is 0 Å². The lowest BCUT2D eigenvalue weighted by Crippen LogP contribution is -2.13. The molecule has 0 fully saturated rings. The first-order valence-corrected chi connectivity index (χ1v) is 14.2. The van der Waals surface area contributed by atoms with E-state index in [0.29, 0.717) is 56.5 Å². The molecule has 1 heterocycles. The lowest BCUT2D eigenvalue weighted by Gasteiger charge is -2.09. The van der Waals surface area contributed by atoms with Crippen molar-refractivity contribution in [2.24, 2.45) is 0 Å². The van der Waals surface area contributed by atoms with Gasteiger partial charge in [-0.05, 0) is 78.7 Å². The van der Waals surface area contributed by atoms with Gasteiger partial charge in [-0.1, -0.05) is 6.92 Å². The molecule has 0 saturated heterocycles. The summed E-state index contributed by atoms with van der Waals surface area (Å²) in [7, 11) is 3.28. The number of hydrogen-bond donors (Lipinski definition) is 0. The predicted molar refractivity (Wildman–Crippen MR) is 158 cm³/mol. The number of ketones is 1. The summed E-state index contributed by atoms with van der Waals surface area (Å²) in [5.74, 6) is 2.16. The molecule has 8 heteroatoms. The van der Waals surface area contributed by atoms with Crippen LogP contribution in [0, 0.1) is 0 Å². The third kappa shape index (κ3) is 7.82. The molecular weight excluding hydrogens is 528 g/mol. The molecule has 0 atom stereocenters. The first-order chi connectivity index (χ1) is 19.6. The third-order valence-corrected chi connectivity index (χ3v) is 7.38. The number of methoxy groups -OCH3 is 2. The van der Waals surface area contributed by atoms with E-state index in [0.717, 1.165) is 45.1 Å². The van der Waals surface area contributed by atoms with Gasteiger partial charge in [0.05, 0.1) is 47.3 Å². The molecule has 3 aromatic carbocycles. The van der Waals surface area contributed by atoms with Crippen molar-refractivity contribution in [3.8, 4) is 27.7 Å².